The lowest BCUT2D eigenvalue weighted by atomic mass is 10.0. The highest BCUT2D eigenvalue weighted by Crippen LogP contribution is 2.31. The van der Waals surface area contributed by atoms with Crippen molar-refractivity contribution < 1.29 is 37.9 Å². The summed E-state index contributed by atoms with van der Waals surface area (Å²) in [6.45, 7) is 3.83. The van der Waals surface area contributed by atoms with Crippen LogP contribution < -0.4 is 33.2 Å². The number of rotatable bonds is 29. The highest BCUT2D eigenvalue weighted by molar-refractivity contribution is 5.65. The van der Waals surface area contributed by atoms with Crippen LogP contribution in [0.1, 0.15) is 70.2 Å². The van der Waals surface area contributed by atoms with E-state index in [1.165, 1.54) is 0 Å². The zero-order chi connectivity index (χ0) is 52.5. The summed E-state index contributed by atoms with van der Waals surface area (Å²) < 4.78 is 50.7. The highest BCUT2D eigenvalue weighted by atomic mass is 16.5. The van der Waals surface area contributed by atoms with Crippen LogP contribution in [0.15, 0.2) is 224 Å². The monoisotopic (exact) mass is 1020 g/mol. The van der Waals surface area contributed by atoms with Crippen LogP contribution in [-0.2, 0) is 51.0 Å². The topological polar surface area (TPSA) is 97.6 Å². The maximum atomic E-state index is 9.11. The molecule has 0 aliphatic heterocycles. The molecule has 0 spiro atoms. The van der Waals surface area contributed by atoms with E-state index in [1.807, 2.05) is 224 Å². The van der Waals surface area contributed by atoms with E-state index in [1.54, 1.807) is 0 Å². The van der Waals surface area contributed by atoms with Gasteiger partial charge in [0, 0.05) is 24.8 Å². The second kappa shape index (κ2) is 28.6. The van der Waals surface area contributed by atoms with Crippen LogP contribution in [-0.4, -0.2) is 13.2 Å². The Balaban J connectivity index is 0.846. The van der Waals surface area contributed by atoms with Gasteiger partial charge in [-0.15, -0.1) is 0 Å². The van der Waals surface area contributed by atoms with Crippen molar-refractivity contribution in [1.82, 2.24) is 0 Å². The van der Waals surface area contributed by atoms with E-state index in [0.717, 1.165) is 81.5 Å². The molecule has 9 heteroatoms. The molecule has 0 heterocycles. The molecule has 0 atom stereocenters. The van der Waals surface area contributed by atoms with Gasteiger partial charge in [-0.25, -0.2) is 0 Å². The van der Waals surface area contributed by atoms with E-state index in [-0.39, 0.29) is 13.2 Å². The minimum atomic E-state index is 0.254. The molecule has 0 aliphatic rings. The Kier molecular flexibility index (Phi) is 19.7. The van der Waals surface area contributed by atoms with Crippen molar-refractivity contribution >= 4 is 0 Å². The lowest BCUT2D eigenvalue weighted by molar-refractivity contribution is 0.116. The minimum absolute atomic E-state index is 0.254. The van der Waals surface area contributed by atoms with E-state index in [0.29, 0.717) is 86.3 Å². The van der Waals surface area contributed by atoms with Crippen molar-refractivity contribution in [3.05, 3.63) is 269 Å². The van der Waals surface area contributed by atoms with Crippen LogP contribution in [0.25, 0.3) is 11.1 Å². The van der Waals surface area contributed by atoms with Gasteiger partial charge in [-0.05, 0) is 130 Å². The first kappa shape index (κ1) is 52.9. The van der Waals surface area contributed by atoms with Crippen molar-refractivity contribution in [2.75, 3.05) is 13.2 Å². The number of nitrogens with zero attached hydrogens (tertiary/aromatic N) is 1. The number of hydrogen-bond acceptors (Lipinski definition) is 9. The molecule has 0 saturated heterocycles. The predicted molar refractivity (Wildman–Crippen MR) is 301 cm³/mol. The summed E-state index contributed by atoms with van der Waals surface area (Å²) in [6.07, 6.45) is 3.92. The maximum absolute atomic E-state index is 9.11. The second-order valence-electron chi connectivity index (χ2n) is 18.6. The summed E-state index contributed by atoms with van der Waals surface area (Å²) in [5.74, 6) is 4.86. The fourth-order valence-electron chi connectivity index (χ4n) is 8.46. The zero-order valence-corrected chi connectivity index (χ0v) is 43.3. The highest BCUT2D eigenvalue weighted by Gasteiger charge is 2.12. The Hall–Kier alpha value is -8.97. The first-order chi connectivity index (χ1) is 38.0. The molecule has 0 aliphatic carbocycles. The standard InChI is InChI=1S/C68H63NO8/c69-44-52-25-27-60(28-26-52)61-29-31-62(32-30-61)71-34-16-2-1-15-33-70-45-57-35-63(76-50-58-37-65(72-46-53-17-7-3-8-18-53)42-66(38-58)73-47-54-19-9-4-10-20-54)41-64(36-57)77-51-59-39-67(74-48-55-21-11-5-12-22-55)43-68(40-59)75-49-56-23-13-6-14-24-56/h3-14,17-32,35-43H,1-2,15-16,33-34,45-51H2. The first-order valence-corrected chi connectivity index (χ1v) is 26.2. The molecule has 9 rings (SSSR count). The number of unbranched alkanes of at least 4 members (excludes halogenated alkanes) is 3. The van der Waals surface area contributed by atoms with Crippen LogP contribution >= 0.6 is 0 Å². The van der Waals surface area contributed by atoms with Gasteiger partial charge in [-0.3, -0.25) is 0 Å². The van der Waals surface area contributed by atoms with Gasteiger partial charge in [0.15, 0.2) is 0 Å². The summed E-state index contributed by atoms with van der Waals surface area (Å²) in [4.78, 5) is 0. The lowest BCUT2D eigenvalue weighted by Gasteiger charge is -2.16. The van der Waals surface area contributed by atoms with E-state index in [2.05, 4.69) is 6.07 Å². The van der Waals surface area contributed by atoms with Crippen molar-refractivity contribution in [3.63, 3.8) is 0 Å². The van der Waals surface area contributed by atoms with Gasteiger partial charge >= 0.3 is 0 Å². The lowest BCUT2D eigenvalue weighted by Crippen LogP contribution is -2.03. The number of benzene rings is 9. The van der Waals surface area contributed by atoms with Gasteiger partial charge in [0.05, 0.1) is 24.8 Å². The molecule has 388 valence electrons. The summed E-state index contributed by atoms with van der Waals surface area (Å²) in [6, 6.07) is 76.1. The van der Waals surface area contributed by atoms with Crippen molar-refractivity contribution in [2.45, 2.75) is 71.9 Å². The average Bonchev–Trinajstić information content (AvgIpc) is 3.49. The van der Waals surface area contributed by atoms with Gasteiger partial charge in [0.1, 0.15) is 79.9 Å². The summed E-state index contributed by atoms with van der Waals surface area (Å²) in [5.41, 5.74) is 9.79. The second-order valence-corrected chi connectivity index (χ2v) is 18.6. The third kappa shape index (κ3) is 17.6. The number of nitriles is 1. The minimum Gasteiger partial charge on any atom is -0.494 e. The Morgan fingerprint density at radius 3 is 0.922 bits per heavy atom. The molecule has 9 aromatic rings. The average molecular weight is 1020 g/mol. The largest absolute Gasteiger partial charge is 0.494 e. The van der Waals surface area contributed by atoms with Gasteiger partial charge in [-0.2, -0.15) is 5.26 Å². The van der Waals surface area contributed by atoms with Gasteiger partial charge in [-0.1, -0.05) is 152 Å². The molecule has 0 saturated carbocycles. The predicted octanol–water partition coefficient (Wildman–Crippen LogP) is 15.9. The van der Waals surface area contributed by atoms with Crippen LogP contribution in [0.3, 0.4) is 0 Å². The van der Waals surface area contributed by atoms with Gasteiger partial charge in [0.25, 0.3) is 0 Å². The molecule has 9 nitrogen and oxygen atoms in total. The Bertz CT molecular complexity index is 2940. The zero-order valence-electron chi connectivity index (χ0n) is 43.3. The first-order valence-electron chi connectivity index (χ1n) is 26.2. The number of hydrogen-bond donors (Lipinski definition) is 0. The molecular formula is C68H63NO8. The molecule has 77 heavy (non-hydrogen) atoms. The third-order valence-corrected chi connectivity index (χ3v) is 12.5. The SMILES string of the molecule is N#Cc1ccc(-c2ccc(OCCCCCCOCc3cc(OCc4cc(OCc5ccccc5)cc(OCc5ccccc5)c4)cc(OCc4cc(OCc5ccccc5)cc(OCc5ccccc5)c4)c3)cc2)cc1. The van der Waals surface area contributed by atoms with E-state index >= 15 is 0 Å². The molecule has 0 amide bonds. The van der Waals surface area contributed by atoms with Crippen molar-refractivity contribution in [2.24, 2.45) is 0 Å². The maximum Gasteiger partial charge on any atom is 0.123 e. The fourth-order valence-corrected chi connectivity index (χ4v) is 8.46. The van der Waals surface area contributed by atoms with Crippen LogP contribution in [0.4, 0.5) is 0 Å². The third-order valence-electron chi connectivity index (χ3n) is 12.5. The molecule has 0 radical (unpaired) electrons. The smallest absolute Gasteiger partial charge is 0.123 e. The summed E-state index contributed by atoms with van der Waals surface area (Å²) in [5, 5.41) is 9.11. The molecule has 0 unspecified atom stereocenters. The van der Waals surface area contributed by atoms with Crippen molar-refractivity contribution in [1.29, 1.82) is 5.26 Å². The Labute approximate surface area is 452 Å². The van der Waals surface area contributed by atoms with Crippen molar-refractivity contribution in [3.8, 4) is 57.4 Å². The normalized spacial score (nSPS) is 10.8. The van der Waals surface area contributed by atoms with E-state index in [4.69, 9.17) is 43.2 Å². The molecular weight excluding hydrogens is 959 g/mol. The van der Waals surface area contributed by atoms with E-state index < -0.39 is 0 Å². The fraction of sp³-hybridized carbons (Fsp3) is 0.191. The van der Waals surface area contributed by atoms with Crippen LogP contribution in [0.5, 0.6) is 40.2 Å². The quantitative estimate of drug-likeness (QED) is 0.0425. The van der Waals surface area contributed by atoms with Gasteiger partial charge in [0.2, 0.25) is 0 Å². The molecule has 9 aromatic carbocycles. The van der Waals surface area contributed by atoms with Crippen LogP contribution in [0, 0.1) is 11.3 Å². The Morgan fingerprint density at radius 1 is 0.260 bits per heavy atom. The molecule has 0 N–H and O–H groups in total. The Morgan fingerprint density at radius 2 is 0.571 bits per heavy atom. The van der Waals surface area contributed by atoms with E-state index in [9.17, 15) is 0 Å². The molecule has 0 bridgehead atoms. The number of ether oxygens (including phenoxy) is 8. The molecule has 0 aromatic heterocycles. The summed E-state index contributed by atoms with van der Waals surface area (Å²) in [7, 11) is 0. The van der Waals surface area contributed by atoms with Gasteiger partial charge < -0.3 is 37.9 Å². The van der Waals surface area contributed by atoms with Crippen LogP contribution in [0.2, 0.25) is 0 Å². The molecule has 0 fully saturated rings. The summed E-state index contributed by atoms with van der Waals surface area (Å²) >= 11 is 0.